The van der Waals surface area contributed by atoms with E-state index in [4.69, 9.17) is 11.6 Å². The summed E-state index contributed by atoms with van der Waals surface area (Å²) in [7, 11) is 0. The molecule has 1 aliphatic rings. The van der Waals surface area contributed by atoms with E-state index in [-0.39, 0.29) is 11.9 Å². The lowest BCUT2D eigenvalue weighted by atomic mass is 10.1. The Labute approximate surface area is 111 Å². The number of nitrogens with one attached hydrogen (secondary N) is 2. The summed E-state index contributed by atoms with van der Waals surface area (Å²) < 4.78 is 0. The van der Waals surface area contributed by atoms with E-state index >= 15 is 0 Å². The zero-order valence-electron chi connectivity index (χ0n) is 9.88. The Morgan fingerprint density at radius 1 is 1.53 bits per heavy atom. The predicted octanol–water partition coefficient (Wildman–Crippen LogP) is 2.58. The van der Waals surface area contributed by atoms with E-state index < -0.39 is 0 Å². The first-order valence-electron chi connectivity index (χ1n) is 5.93. The molecule has 1 atom stereocenters. The van der Waals surface area contributed by atoms with Gasteiger partial charge in [-0.15, -0.1) is 11.3 Å². The Kier molecular flexibility index (Phi) is 4.42. The minimum Gasteiger partial charge on any atom is -0.349 e. The van der Waals surface area contributed by atoms with Crippen LogP contribution in [0.2, 0.25) is 5.02 Å². The van der Waals surface area contributed by atoms with Gasteiger partial charge in [-0.1, -0.05) is 11.6 Å². The highest BCUT2D eigenvalue weighted by Gasteiger charge is 2.19. The van der Waals surface area contributed by atoms with Crippen LogP contribution in [0.15, 0.2) is 5.38 Å². The summed E-state index contributed by atoms with van der Waals surface area (Å²) in [6.45, 7) is 3.94. The van der Waals surface area contributed by atoms with Crippen molar-refractivity contribution in [3.05, 3.63) is 20.8 Å². The molecule has 17 heavy (non-hydrogen) atoms. The number of hydrogen-bond acceptors (Lipinski definition) is 3. The second kappa shape index (κ2) is 5.85. The van der Waals surface area contributed by atoms with Crippen LogP contribution in [-0.2, 0) is 0 Å². The molecule has 94 valence electrons. The van der Waals surface area contributed by atoms with Crippen LogP contribution in [0, 0.1) is 6.92 Å². The highest BCUT2D eigenvalue weighted by molar-refractivity contribution is 7.13. The number of rotatable bonds is 2. The van der Waals surface area contributed by atoms with Crippen LogP contribution in [0.5, 0.6) is 0 Å². The Hall–Kier alpha value is -0.580. The summed E-state index contributed by atoms with van der Waals surface area (Å²) in [6, 6.07) is 0.274. The zero-order chi connectivity index (χ0) is 12.3. The van der Waals surface area contributed by atoms with E-state index in [1.54, 1.807) is 0 Å². The van der Waals surface area contributed by atoms with E-state index in [0.29, 0.717) is 9.90 Å². The van der Waals surface area contributed by atoms with Gasteiger partial charge >= 0.3 is 0 Å². The van der Waals surface area contributed by atoms with E-state index in [1.165, 1.54) is 11.3 Å². The Balaban J connectivity index is 1.98. The standard InChI is InChI=1S/C12H17ClN2OS/c1-8-7-17-11(10(8)13)12(16)15-9-3-2-5-14-6-4-9/h7,9,14H,2-6H2,1H3,(H,15,16). The van der Waals surface area contributed by atoms with Crippen LogP contribution < -0.4 is 10.6 Å². The molecule has 0 aliphatic carbocycles. The topological polar surface area (TPSA) is 41.1 Å². The lowest BCUT2D eigenvalue weighted by molar-refractivity contribution is 0.0938. The molecular formula is C12H17ClN2OS. The van der Waals surface area contributed by atoms with E-state index in [0.717, 1.165) is 37.9 Å². The molecule has 2 heterocycles. The first-order chi connectivity index (χ1) is 8.18. The van der Waals surface area contributed by atoms with Crippen molar-refractivity contribution in [1.29, 1.82) is 0 Å². The molecule has 0 radical (unpaired) electrons. The number of thiophene rings is 1. The van der Waals surface area contributed by atoms with Gasteiger partial charge in [-0.25, -0.2) is 0 Å². The molecule has 1 aromatic heterocycles. The van der Waals surface area contributed by atoms with Crippen molar-refractivity contribution in [2.24, 2.45) is 0 Å². The summed E-state index contributed by atoms with van der Waals surface area (Å²) in [6.07, 6.45) is 3.15. The first-order valence-corrected chi connectivity index (χ1v) is 7.19. The molecule has 1 unspecified atom stereocenters. The van der Waals surface area contributed by atoms with Crippen LogP contribution in [0.4, 0.5) is 0 Å². The fraction of sp³-hybridized carbons (Fsp3) is 0.583. The maximum Gasteiger partial charge on any atom is 0.263 e. The second-order valence-corrected chi connectivity index (χ2v) is 5.67. The molecule has 1 fully saturated rings. The van der Waals surface area contributed by atoms with Gasteiger partial charge in [0, 0.05) is 6.04 Å². The molecule has 0 spiro atoms. The molecule has 0 bridgehead atoms. The number of hydrogen-bond donors (Lipinski definition) is 2. The number of carbonyl (C=O) groups excluding carboxylic acids is 1. The van der Waals surface area contributed by atoms with Crippen molar-refractivity contribution in [1.82, 2.24) is 10.6 Å². The van der Waals surface area contributed by atoms with Crippen molar-refractivity contribution in [3.63, 3.8) is 0 Å². The lowest BCUT2D eigenvalue weighted by Gasteiger charge is -2.15. The van der Waals surface area contributed by atoms with Gasteiger partial charge in [0.05, 0.1) is 5.02 Å². The monoisotopic (exact) mass is 272 g/mol. The van der Waals surface area contributed by atoms with Crippen LogP contribution in [0.25, 0.3) is 0 Å². The van der Waals surface area contributed by atoms with Crippen LogP contribution in [-0.4, -0.2) is 25.0 Å². The average molecular weight is 273 g/mol. The third-order valence-corrected chi connectivity index (χ3v) is 4.71. The lowest BCUT2D eigenvalue weighted by Crippen LogP contribution is -2.35. The van der Waals surface area contributed by atoms with Gasteiger partial charge < -0.3 is 10.6 Å². The summed E-state index contributed by atoms with van der Waals surface area (Å²) in [4.78, 5) is 12.7. The highest BCUT2D eigenvalue weighted by Crippen LogP contribution is 2.27. The normalized spacial score (nSPS) is 20.9. The zero-order valence-corrected chi connectivity index (χ0v) is 11.5. The summed E-state index contributed by atoms with van der Waals surface area (Å²) in [5.74, 6) is -0.0278. The van der Waals surface area contributed by atoms with Gasteiger partial charge in [0.25, 0.3) is 5.91 Å². The third kappa shape index (κ3) is 3.21. The van der Waals surface area contributed by atoms with Crippen LogP contribution >= 0.6 is 22.9 Å². The van der Waals surface area contributed by atoms with E-state index in [9.17, 15) is 4.79 Å². The number of aryl methyl sites for hydroxylation is 1. The van der Waals surface area contributed by atoms with Gasteiger partial charge in [-0.2, -0.15) is 0 Å². The maximum absolute atomic E-state index is 12.1. The Bertz CT molecular complexity index is 397. The van der Waals surface area contributed by atoms with Crippen LogP contribution in [0.1, 0.15) is 34.5 Å². The van der Waals surface area contributed by atoms with E-state index in [2.05, 4.69) is 10.6 Å². The first kappa shape index (κ1) is 12.9. The maximum atomic E-state index is 12.1. The third-order valence-electron chi connectivity index (χ3n) is 3.02. The Morgan fingerprint density at radius 3 is 3.06 bits per heavy atom. The molecule has 5 heteroatoms. The quantitative estimate of drug-likeness (QED) is 0.869. The molecule has 1 aromatic rings. The smallest absolute Gasteiger partial charge is 0.263 e. The van der Waals surface area contributed by atoms with Gasteiger partial charge in [0.2, 0.25) is 0 Å². The van der Waals surface area contributed by atoms with Crippen molar-refractivity contribution in [2.75, 3.05) is 13.1 Å². The van der Waals surface area contributed by atoms with Gasteiger partial charge in [0.15, 0.2) is 0 Å². The average Bonchev–Trinajstić information content (AvgIpc) is 2.55. The minimum atomic E-state index is -0.0278. The van der Waals surface area contributed by atoms with Crippen molar-refractivity contribution < 1.29 is 4.79 Å². The van der Waals surface area contributed by atoms with Crippen LogP contribution in [0.3, 0.4) is 0 Å². The Morgan fingerprint density at radius 2 is 2.35 bits per heavy atom. The number of amides is 1. The number of halogens is 1. The largest absolute Gasteiger partial charge is 0.349 e. The van der Waals surface area contributed by atoms with Gasteiger partial charge in [-0.05, 0) is 50.2 Å². The highest BCUT2D eigenvalue weighted by atomic mass is 35.5. The molecule has 2 N–H and O–H groups in total. The fourth-order valence-corrected chi connectivity index (χ4v) is 3.18. The molecule has 1 amide bonds. The molecular weight excluding hydrogens is 256 g/mol. The summed E-state index contributed by atoms with van der Waals surface area (Å²) >= 11 is 7.51. The van der Waals surface area contributed by atoms with Crippen molar-refractivity contribution >= 4 is 28.8 Å². The van der Waals surface area contributed by atoms with Gasteiger partial charge in [-0.3, -0.25) is 4.79 Å². The van der Waals surface area contributed by atoms with Crippen molar-refractivity contribution in [3.8, 4) is 0 Å². The molecule has 1 aliphatic heterocycles. The molecule has 0 aromatic carbocycles. The predicted molar refractivity (Wildman–Crippen MR) is 72.0 cm³/mol. The SMILES string of the molecule is Cc1csc(C(=O)NC2CCCNCC2)c1Cl. The number of carbonyl (C=O) groups is 1. The fourth-order valence-electron chi connectivity index (χ4n) is 2.00. The van der Waals surface area contributed by atoms with Gasteiger partial charge in [0.1, 0.15) is 4.88 Å². The summed E-state index contributed by atoms with van der Waals surface area (Å²) in [5, 5.41) is 8.93. The second-order valence-electron chi connectivity index (χ2n) is 4.41. The summed E-state index contributed by atoms with van der Waals surface area (Å²) in [5.41, 5.74) is 0.976. The molecule has 0 saturated carbocycles. The molecule has 3 nitrogen and oxygen atoms in total. The molecule has 1 saturated heterocycles. The minimum absolute atomic E-state index is 0.0278. The molecule has 2 rings (SSSR count). The van der Waals surface area contributed by atoms with Crippen molar-refractivity contribution in [2.45, 2.75) is 32.2 Å². The van der Waals surface area contributed by atoms with E-state index in [1.807, 2.05) is 12.3 Å².